The van der Waals surface area contributed by atoms with Crippen molar-refractivity contribution in [2.75, 3.05) is 0 Å². The van der Waals surface area contributed by atoms with Crippen LogP contribution in [0, 0.1) is 0 Å². The molecule has 118 valence electrons. The van der Waals surface area contributed by atoms with Crippen molar-refractivity contribution >= 4 is 12.1 Å². The molecule has 1 aromatic rings. The molecule has 0 bridgehead atoms. The van der Waals surface area contributed by atoms with Crippen molar-refractivity contribution < 1.29 is 32.6 Å². The lowest BCUT2D eigenvalue weighted by Gasteiger charge is -2.32. The van der Waals surface area contributed by atoms with Crippen LogP contribution in [0.3, 0.4) is 0 Å². The van der Waals surface area contributed by atoms with Crippen LogP contribution in [0.1, 0.15) is 26.5 Å². The predicted octanol–water partition coefficient (Wildman–Crippen LogP) is 2.38. The monoisotopic (exact) mass is 308 g/mol. The number of carboxylic acids is 1. The van der Waals surface area contributed by atoms with E-state index in [4.69, 9.17) is 9.84 Å². The molecule has 0 aliphatic carbocycles. The first-order chi connectivity index (χ1) is 9.40. The molecule has 0 radical (unpaired) electrons. The first-order valence-electron chi connectivity index (χ1n) is 5.85. The van der Waals surface area contributed by atoms with E-state index in [1.165, 1.54) is 32.2 Å². The van der Waals surface area contributed by atoms with Gasteiger partial charge in [-0.25, -0.2) is 9.59 Å². The van der Waals surface area contributed by atoms with Gasteiger partial charge in [0.05, 0.1) is 5.69 Å². The van der Waals surface area contributed by atoms with Gasteiger partial charge in [0.15, 0.2) is 0 Å². The standard InChI is InChI=1S/C12H15F3N2O4/c1-10(2,3)21-9(20)17-11(8(18)19,12(13,14)15)7-5-4-6-16-7/h4-6,16H,1-3H3,(H,17,20)(H,18,19). The van der Waals surface area contributed by atoms with E-state index in [2.05, 4.69) is 4.98 Å². The number of amides is 1. The Morgan fingerprint density at radius 2 is 1.86 bits per heavy atom. The summed E-state index contributed by atoms with van der Waals surface area (Å²) in [7, 11) is 0. The van der Waals surface area contributed by atoms with Gasteiger partial charge in [0.1, 0.15) is 5.60 Å². The number of alkyl carbamates (subject to hydrolysis) is 1. The number of carbonyl (C=O) groups is 2. The smallest absolute Gasteiger partial charge is 0.428 e. The van der Waals surface area contributed by atoms with E-state index in [-0.39, 0.29) is 0 Å². The number of carbonyl (C=O) groups excluding carboxylic acids is 1. The number of alkyl halides is 3. The van der Waals surface area contributed by atoms with Crippen molar-refractivity contribution in [2.45, 2.75) is 38.1 Å². The number of aromatic nitrogens is 1. The molecule has 0 saturated heterocycles. The van der Waals surface area contributed by atoms with Crippen molar-refractivity contribution in [2.24, 2.45) is 0 Å². The highest BCUT2D eigenvalue weighted by Crippen LogP contribution is 2.39. The second kappa shape index (κ2) is 5.30. The predicted molar refractivity (Wildman–Crippen MR) is 65.5 cm³/mol. The van der Waals surface area contributed by atoms with Crippen LogP contribution in [0.4, 0.5) is 18.0 Å². The van der Waals surface area contributed by atoms with E-state index in [1.54, 1.807) is 0 Å². The van der Waals surface area contributed by atoms with Gasteiger partial charge < -0.3 is 14.8 Å². The van der Waals surface area contributed by atoms with Crippen LogP contribution >= 0.6 is 0 Å². The average molecular weight is 308 g/mol. The summed E-state index contributed by atoms with van der Waals surface area (Å²) in [6, 6.07) is 2.11. The van der Waals surface area contributed by atoms with E-state index in [0.29, 0.717) is 0 Å². The Morgan fingerprint density at radius 3 is 2.19 bits per heavy atom. The maximum atomic E-state index is 13.3. The van der Waals surface area contributed by atoms with Gasteiger partial charge in [-0.05, 0) is 32.9 Å². The highest BCUT2D eigenvalue weighted by molar-refractivity contribution is 5.86. The lowest BCUT2D eigenvalue weighted by atomic mass is 9.94. The molecule has 0 saturated carbocycles. The van der Waals surface area contributed by atoms with Crippen molar-refractivity contribution in [3.8, 4) is 0 Å². The fourth-order valence-corrected chi connectivity index (χ4v) is 1.60. The Morgan fingerprint density at radius 1 is 1.29 bits per heavy atom. The molecule has 3 N–H and O–H groups in total. The summed E-state index contributed by atoms with van der Waals surface area (Å²) in [6.45, 7) is 4.33. The van der Waals surface area contributed by atoms with Gasteiger partial charge in [-0.3, -0.25) is 5.32 Å². The molecule has 1 amide bonds. The van der Waals surface area contributed by atoms with Crippen molar-refractivity contribution in [1.29, 1.82) is 0 Å². The number of H-pyrrole nitrogens is 1. The number of rotatable bonds is 3. The number of ether oxygens (including phenoxy) is 1. The Labute approximate surface area is 118 Å². The fraction of sp³-hybridized carbons (Fsp3) is 0.500. The normalized spacial score (nSPS) is 15.1. The summed E-state index contributed by atoms with van der Waals surface area (Å²) in [6.07, 6.45) is -5.65. The van der Waals surface area contributed by atoms with Crippen molar-refractivity contribution in [3.05, 3.63) is 24.0 Å². The third-order valence-electron chi connectivity index (χ3n) is 2.44. The highest BCUT2D eigenvalue weighted by Gasteiger charge is 2.64. The Bertz CT molecular complexity index is 520. The zero-order valence-electron chi connectivity index (χ0n) is 11.5. The Hall–Kier alpha value is -2.19. The summed E-state index contributed by atoms with van der Waals surface area (Å²) in [5.41, 5.74) is -5.41. The minimum Gasteiger partial charge on any atom is -0.479 e. The van der Waals surface area contributed by atoms with E-state index in [9.17, 15) is 22.8 Å². The summed E-state index contributed by atoms with van der Waals surface area (Å²) >= 11 is 0. The fourth-order valence-electron chi connectivity index (χ4n) is 1.60. The van der Waals surface area contributed by atoms with E-state index in [1.807, 2.05) is 0 Å². The van der Waals surface area contributed by atoms with Gasteiger partial charge in [-0.15, -0.1) is 0 Å². The topological polar surface area (TPSA) is 91.4 Å². The van der Waals surface area contributed by atoms with Gasteiger partial charge in [0.25, 0.3) is 5.54 Å². The first-order valence-corrected chi connectivity index (χ1v) is 5.85. The molecule has 0 spiro atoms. The molecule has 0 aliphatic heterocycles. The average Bonchev–Trinajstić information content (AvgIpc) is 2.74. The highest BCUT2D eigenvalue weighted by atomic mass is 19.4. The van der Waals surface area contributed by atoms with Gasteiger partial charge in [-0.1, -0.05) is 0 Å². The first kappa shape index (κ1) is 16.9. The summed E-state index contributed by atoms with van der Waals surface area (Å²) < 4.78 is 44.6. The minimum atomic E-state index is -5.28. The molecule has 1 rings (SSSR count). The van der Waals surface area contributed by atoms with Crippen LogP contribution in [-0.2, 0) is 15.1 Å². The second-order valence-electron chi connectivity index (χ2n) is 5.26. The van der Waals surface area contributed by atoms with Gasteiger partial charge in [0.2, 0.25) is 0 Å². The molecule has 0 aliphatic rings. The number of aromatic amines is 1. The van der Waals surface area contributed by atoms with Gasteiger partial charge >= 0.3 is 18.2 Å². The zero-order chi connectivity index (χ0) is 16.5. The quantitative estimate of drug-likeness (QED) is 0.799. The van der Waals surface area contributed by atoms with Crippen LogP contribution < -0.4 is 5.32 Å². The Kier molecular flexibility index (Phi) is 4.26. The molecule has 0 fully saturated rings. The number of hydrogen-bond acceptors (Lipinski definition) is 3. The molecule has 21 heavy (non-hydrogen) atoms. The van der Waals surface area contributed by atoms with Crippen LogP contribution in [0.15, 0.2) is 18.3 Å². The molecular formula is C12H15F3N2O4. The van der Waals surface area contributed by atoms with Crippen LogP contribution in [0.25, 0.3) is 0 Å². The Balaban J connectivity index is 3.27. The molecule has 0 aromatic carbocycles. The van der Waals surface area contributed by atoms with Crippen LogP contribution in [0.5, 0.6) is 0 Å². The number of halogens is 3. The molecular weight excluding hydrogens is 293 g/mol. The van der Waals surface area contributed by atoms with Crippen LogP contribution in [0.2, 0.25) is 0 Å². The maximum Gasteiger partial charge on any atom is 0.428 e. The number of hydrogen-bond donors (Lipinski definition) is 3. The summed E-state index contributed by atoms with van der Waals surface area (Å²) in [5.74, 6) is -2.27. The number of carboxylic acid groups (broad SMARTS) is 1. The van der Waals surface area contributed by atoms with E-state index in [0.717, 1.165) is 12.3 Å². The molecule has 1 unspecified atom stereocenters. The van der Waals surface area contributed by atoms with E-state index < -0.39 is 35.1 Å². The third kappa shape index (κ3) is 3.47. The zero-order valence-corrected chi connectivity index (χ0v) is 11.5. The SMILES string of the molecule is CC(C)(C)OC(=O)NC(C(=O)O)(c1ccc[nH]1)C(F)(F)F. The van der Waals surface area contributed by atoms with E-state index >= 15 is 0 Å². The molecule has 9 heteroatoms. The number of aliphatic carboxylic acids is 1. The summed E-state index contributed by atoms with van der Waals surface area (Å²) in [5, 5.41) is 10.5. The molecule has 1 atom stereocenters. The second-order valence-corrected chi connectivity index (χ2v) is 5.26. The van der Waals surface area contributed by atoms with Gasteiger partial charge in [-0.2, -0.15) is 13.2 Å². The lowest BCUT2D eigenvalue weighted by molar-refractivity contribution is -0.213. The third-order valence-corrected chi connectivity index (χ3v) is 2.44. The maximum absolute atomic E-state index is 13.3. The molecule has 1 heterocycles. The largest absolute Gasteiger partial charge is 0.479 e. The molecule has 1 aromatic heterocycles. The lowest BCUT2D eigenvalue weighted by Crippen LogP contribution is -2.62. The van der Waals surface area contributed by atoms with Crippen molar-refractivity contribution in [3.63, 3.8) is 0 Å². The summed E-state index contributed by atoms with van der Waals surface area (Å²) in [4.78, 5) is 25.0. The van der Waals surface area contributed by atoms with Crippen molar-refractivity contribution in [1.82, 2.24) is 10.3 Å². The van der Waals surface area contributed by atoms with Gasteiger partial charge in [0, 0.05) is 6.20 Å². The molecule has 6 nitrogen and oxygen atoms in total. The van der Waals surface area contributed by atoms with Crippen LogP contribution in [-0.4, -0.2) is 33.9 Å². The number of nitrogens with one attached hydrogen (secondary N) is 2. The minimum absolute atomic E-state index is 0.728.